The van der Waals surface area contributed by atoms with E-state index in [0.717, 1.165) is 25.0 Å². The number of aromatic nitrogens is 1. The Morgan fingerprint density at radius 2 is 1.95 bits per heavy atom. The van der Waals surface area contributed by atoms with Crippen LogP contribution in [0, 0.1) is 0 Å². The van der Waals surface area contributed by atoms with Gasteiger partial charge in [0.05, 0.1) is 17.2 Å². The van der Waals surface area contributed by atoms with E-state index in [1.807, 2.05) is 0 Å². The van der Waals surface area contributed by atoms with E-state index in [2.05, 4.69) is 9.72 Å². The van der Waals surface area contributed by atoms with Gasteiger partial charge in [0.2, 0.25) is 5.89 Å². The van der Waals surface area contributed by atoms with Crippen molar-refractivity contribution in [2.24, 2.45) is 5.73 Å². The fourth-order valence-electron chi connectivity index (χ4n) is 3.90. The molecule has 1 aromatic heterocycles. The highest BCUT2D eigenvalue weighted by Crippen LogP contribution is 2.66. The van der Waals surface area contributed by atoms with Crippen molar-refractivity contribution >= 4 is 0 Å². The Morgan fingerprint density at radius 3 is 2.50 bits per heavy atom. The third-order valence-electron chi connectivity index (χ3n) is 4.86. The van der Waals surface area contributed by atoms with Crippen LogP contribution in [0.1, 0.15) is 49.6 Å². The van der Waals surface area contributed by atoms with Crippen molar-refractivity contribution in [3.8, 4) is 0 Å². The van der Waals surface area contributed by atoms with Gasteiger partial charge in [-0.25, -0.2) is 4.98 Å². The zero-order valence-corrected chi connectivity index (χ0v) is 10.7. The number of rotatable bonds is 3. The summed E-state index contributed by atoms with van der Waals surface area (Å²) < 4.78 is 45.6. The number of alkyl halides is 3. The summed E-state index contributed by atoms with van der Waals surface area (Å²) in [4.78, 5) is 4.47. The predicted molar refractivity (Wildman–Crippen MR) is 61.9 cm³/mol. The normalized spacial score (nSPS) is 42.6. The van der Waals surface area contributed by atoms with Crippen LogP contribution in [0.2, 0.25) is 0 Å². The molecule has 2 N–H and O–H groups in total. The van der Waals surface area contributed by atoms with Crippen LogP contribution in [0.3, 0.4) is 0 Å². The minimum atomic E-state index is -4.55. The number of oxazole rings is 1. The Bertz CT molecular complexity index is 528. The first-order chi connectivity index (χ1) is 9.27. The summed E-state index contributed by atoms with van der Waals surface area (Å²) in [5.41, 5.74) is 6.74. The second-order valence-corrected chi connectivity index (χ2v) is 6.60. The van der Waals surface area contributed by atoms with Gasteiger partial charge in [0.15, 0.2) is 0 Å². The highest BCUT2D eigenvalue weighted by Gasteiger charge is 2.69. The summed E-state index contributed by atoms with van der Waals surface area (Å²) in [5.74, 6) is 0.721. The lowest BCUT2D eigenvalue weighted by atomic mass is 9.40. The molecule has 4 nitrogen and oxygen atoms in total. The summed E-state index contributed by atoms with van der Waals surface area (Å²) >= 11 is 0. The van der Waals surface area contributed by atoms with Gasteiger partial charge in [-0.15, -0.1) is 13.2 Å². The van der Waals surface area contributed by atoms with Crippen LogP contribution in [0.15, 0.2) is 10.7 Å². The average Bonchev–Trinajstić information content (AvgIpc) is 2.64. The molecule has 5 rings (SSSR count). The zero-order chi connectivity index (χ0) is 14.2. The van der Waals surface area contributed by atoms with Gasteiger partial charge in [-0.3, -0.25) is 4.74 Å². The van der Waals surface area contributed by atoms with E-state index < -0.39 is 12.5 Å². The van der Waals surface area contributed by atoms with Gasteiger partial charge in [-0.1, -0.05) is 0 Å². The third kappa shape index (κ3) is 1.79. The lowest BCUT2D eigenvalue weighted by Crippen LogP contribution is -2.74. The highest BCUT2D eigenvalue weighted by molar-refractivity contribution is 5.34. The molecule has 0 spiro atoms. The fourth-order valence-corrected chi connectivity index (χ4v) is 3.90. The molecule has 0 radical (unpaired) electrons. The molecule has 4 aliphatic rings. The maximum absolute atomic E-state index is 12.0. The second-order valence-electron chi connectivity index (χ2n) is 6.60. The Morgan fingerprint density at radius 1 is 1.30 bits per heavy atom. The number of nitrogens with two attached hydrogens (primary N) is 1. The quantitative estimate of drug-likeness (QED) is 0.928. The molecule has 20 heavy (non-hydrogen) atoms. The summed E-state index contributed by atoms with van der Waals surface area (Å²) in [7, 11) is 0. The van der Waals surface area contributed by atoms with Crippen LogP contribution in [0.25, 0.3) is 0 Å². The first kappa shape index (κ1) is 12.6. The van der Waals surface area contributed by atoms with E-state index in [0.29, 0.717) is 18.7 Å². The Hall–Kier alpha value is -1.08. The molecule has 4 saturated carbocycles. The van der Waals surface area contributed by atoms with Gasteiger partial charge in [-0.2, -0.15) is 0 Å². The van der Waals surface area contributed by atoms with Crippen molar-refractivity contribution in [2.75, 3.05) is 0 Å². The average molecular weight is 288 g/mol. The van der Waals surface area contributed by atoms with Gasteiger partial charge < -0.3 is 10.2 Å². The Balaban J connectivity index is 1.37. The fraction of sp³-hybridized carbons (Fsp3) is 0.769. The van der Waals surface area contributed by atoms with Crippen LogP contribution < -0.4 is 5.73 Å². The van der Waals surface area contributed by atoms with Gasteiger partial charge >= 0.3 is 6.36 Å². The monoisotopic (exact) mass is 288 g/mol. The molecule has 0 aliphatic heterocycles. The molecule has 7 heteroatoms. The molecule has 0 aromatic carbocycles. The van der Waals surface area contributed by atoms with Crippen LogP contribution in [0.5, 0.6) is 0 Å². The lowest BCUT2D eigenvalue weighted by Gasteiger charge is -2.67. The highest BCUT2D eigenvalue weighted by atomic mass is 19.4. The van der Waals surface area contributed by atoms with Crippen molar-refractivity contribution in [2.45, 2.75) is 61.4 Å². The standard InChI is InChI=1S/C13H15F3N2O2/c14-13(15,16)20-8-1-7(2-8)9-3-19-10(18-9)11-4-12(17,5-11)6-11/h3,7-8H,1-2,4-6,17H2/t7-,8+,11?,12?. The minimum absolute atomic E-state index is 0.0125. The number of halogens is 3. The van der Waals surface area contributed by atoms with E-state index in [4.69, 9.17) is 10.2 Å². The molecule has 0 unspecified atom stereocenters. The van der Waals surface area contributed by atoms with Crippen molar-refractivity contribution in [1.29, 1.82) is 0 Å². The van der Waals surface area contributed by atoms with Crippen molar-refractivity contribution in [1.82, 2.24) is 4.98 Å². The first-order valence-electron chi connectivity index (χ1n) is 6.76. The number of hydrogen-bond acceptors (Lipinski definition) is 4. The molecule has 1 aromatic rings. The van der Waals surface area contributed by atoms with Crippen LogP contribution in [0.4, 0.5) is 13.2 Å². The number of nitrogens with zero attached hydrogens (tertiary/aromatic N) is 1. The van der Waals surface area contributed by atoms with Crippen LogP contribution in [-0.4, -0.2) is 23.0 Å². The molecule has 1 heterocycles. The van der Waals surface area contributed by atoms with E-state index >= 15 is 0 Å². The van der Waals surface area contributed by atoms with Crippen molar-refractivity contribution < 1.29 is 22.3 Å². The molecule has 2 bridgehead atoms. The second kappa shape index (κ2) is 3.57. The molecular formula is C13H15F3N2O2. The van der Waals surface area contributed by atoms with Gasteiger partial charge in [-0.05, 0) is 32.1 Å². The smallest absolute Gasteiger partial charge is 0.448 e. The SMILES string of the molecule is NC12CC(c3nc([C@H]4C[C@@H](OC(F)(F)F)C4)co3)(C1)C2. The predicted octanol–water partition coefficient (Wildman–Crippen LogP) is 2.59. The van der Waals surface area contributed by atoms with Gasteiger partial charge in [0.25, 0.3) is 0 Å². The maximum Gasteiger partial charge on any atom is 0.522 e. The van der Waals surface area contributed by atoms with E-state index in [9.17, 15) is 13.2 Å². The summed E-state index contributed by atoms with van der Waals surface area (Å²) in [6.07, 6.45) is -0.306. The molecule has 4 fully saturated rings. The summed E-state index contributed by atoms with van der Waals surface area (Å²) in [6.45, 7) is 0. The van der Waals surface area contributed by atoms with Gasteiger partial charge in [0.1, 0.15) is 6.26 Å². The molecular weight excluding hydrogens is 273 g/mol. The van der Waals surface area contributed by atoms with Crippen LogP contribution in [-0.2, 0) is 10.2 Å². The third-order valence-corrected chi connectivity index (χ3v) is 4.86. The number of ether oxygens (including phenoxy) is 1. The maximum atomic E-state index is 12.0. The zero-order valence-electron chi connectivity index (χ0n) is 10.7. The lowest BCUT2D eigenvalue weighted by molar-refractivity contribution is -0.351. The Labute approximate surface area is 113 Å². The first-order valence-corrected chi connectivity index (χ1v) is 6.76. The van der Waals surface area contributed by atoms with Crippen molar-refractivity contribution in [3.05, 3.63) is 17.8 Å². The largest absolute Gasteiger partial charge is 0.522 e. The summed E-state index contributed by atoms with van der Waals surface area (Å²) in [6, 6.07) is 0. The Kier molecular flexibility index (Phi) is 2.26. The molecule has 0 atom stereocenters. The molecule has 0 saturated heterocycles. The molecule has 4 aliphatic carbocycles. The van der Waals surface area contributed by atoms with Crippen LogP contribution >= 0.6 is 0 Å². The van der Waals surface area contributed by atoms with E-state index in [1.165, 1.54) is 0 Å². The van der Waals surface area contributed by atoms with E-state index in [-0.39, 0.29) is 16.9 Å². The van der Waals surface area contributed by atoms with E-state index in [1.54, 1.807) is 6.26 Å². The molecule has 110 valence electrons. The topological polar surface area (TPSA) is 61.3 Å². The minimum Gasteiger partial charge on any atom is -0.448 e. The van der Waals surface area contributed by atoms with Crippen molar-refractivity contribution in [3.63, 3.8) is 0 Å². The summed E-state index contributed by atoms with van der Waals surface area (Å²) in [5, 5.41) is 0. The van der Waals surface area contributed by atoms with Gasteiger partial charge in [0, 0.05) is 11.5 Å². The molecule has 0 amide bonds. The number of hydrogen-bond donors (Lipinski definition) is 1.